The van der Waals surface area contributed by atoms with E-state index in [9.17, 15) is 9.90 Å². The van der Waals surface area contributed by atoms with Crippen molar-refractivity contribution < 1.29 is 9.90 Å². The highest BCUT2D eigenvalue weighted by molar-refractivity contribution is 6.31. The van der Waals surface area contributed by atoms with E-state index in [0.717, 1.165) is 5.69 Å². The third kappa shape index (κ3) is 2.87. The van der Waals surface area contributed by atoms with Gasteiger partial charge in [-0.15, -0.1) is 0 Å². The first-order chi connectivity index (χ1) is 8.68. The predicted molar refractivity (Wildman–Crippen MR) is 69.8 cm³/mol. The highest BCUT2D eigenvalue weighted by atomic mass is 35.5. The van der Waals surface area contributed by atoms with Crippen LogP contribution in [0.3, 0.4) is 0 Å². The van der Waals surface area contributed by atoms with E-state index in [1.807, 2.05) is 12.1 Å². The summed E-state index contributed by atoms with van der Waals surface area (Å²) in [6.45, 7) is 0. The molecule has 1 unspecified atom stereocenters. The maximum absolute atomic E-state index is 11.4. The SMILES string of the molecule is O=C(O)C(Cc1ccccn1)c1ccccc1Cl. The number of aromatic nitrogens is 1. The fourth-order valence-corrected chi connectivity index (χ4v) is 2.08. The second kappa shape index (κ2) is 5.65. The molecule has 2 rings (SSSR count). The van der Waals surface area contributed by atoms with Crippen molar-refractivity contribution in [2.75, 3.05) is 0 Å². The smallest absolute Gasteiger partial charge is 0.311 e. The molecule has 18 heavy (non-hydrogen) atoms. The predicted octanol–water partition coefficient (Wildman–Crippen LogP) is 3.15. The molecule has 0 fully saturated rings. The van der Waals surface area contributed by atoms with Crippen LogP contribution in [0.4, 0.5) is 0 Å². The molecule has 0 saturated carbocycles. The number of pyridine rings is 1. The van der Waals surface area contributed by atoms with Gasteiger partial charge in [-0.25, -0.2) is 0 Å². The number of nitrogens with zero attached hydrogens (tertiary/aromatic N) is 1. The summed E-state index contributed by atoms with van der Waals surface area (Å²) in [5.74, 6) is -1.57. The Morgan fingerprint density at radius 3 is 2.56 bits per heavy atom. The van der Waals surface area contributed by atoms with Gasteiger partial charge >= 0.3 is 5.97 Å². The van der Waals surface area contributed by atoms with Crippen molar-refractivity contribution in [3.63, 3.8) is 0 Å². The van der Waals surface area contributed by atoms with Crippen LogP contribution in [0.25, 0.3) is 0 Å². The van der Waals surface area contributed by atoms with Crippen LogP contribution < -0.4 is 0 Å². The molecular weight excluding hydrogens is 250 g/mol. The fourth-order valence-electron chi connectivity index (χ4n) is 1.82. The molecule has 1 aromatic carbocycles. The second-order valence-electron chi connectivity index (χ2n) is 3.94. The number of carbonyl (C=O) groups is 1. The first kappa shape index (κ1) is 12.6. The van der Waals surface area contributed by atoms with E-state index >= 15 is 0 Å². The third-order valence-electron chi connectivity index (χ3n) is 2.72. The molecule has 1 aromatic heterocycles. The lowest BCUT2D eigenvalue weighted by Crippen LogP contribution is -2.15. The molecular formula is C14H12ClNO2. The number of hydrogen-bond donors (Lipinski definition) is 1. The van der Waals surface area contributed by atoms with E-state index in [1.54, 1.807) is 36.5 Å². The monoisotopic (exact) mass is 261 g/mol. The van der Waals surface area contributed by atoms with Crippen LogP contribution in [0.15, 0.2) is 48.7 Å². The van der Waals surface area contributed by atoms with Gasteiger partial charge in [0, 0.05) is 23.3 Å². The topological polar surface area (TPSA) is 50.2 Å². The van der Waals surface area contributed by atoms with Crippen LogP contribution >= 0.6 is 11.6 Å². The molecule has 1 atom stereocenters. The Kier molecular flexibility index (Phi) is 3.95. The maximum atomic E-state index is 11.4. The Labute approximate surface area is 110 Å². The van der Waals surface area contributed by atoms with Crippen molar-refractivity contribution >= 4 is 17.6 Å². The molecule has 1 heterocycles. The summed E-state index contributed by atoms with van der Waals surface area (Å²) in [5, 5.41) is 9.80. The van der Waals surface area contributed by atoms with E-state index in [0.29, 0.717) is 17.0 Å². The van der Waals surface area contributed by atoms with Gasteiger partial charge in [0.2, 0.25) is 0 Å². The molecule has 0 saturated heterocycles. The normalized spacial score (nSPS) is 12.1. The van der Waals surface area contributed by atoms with E-state index < -0.39 is 11.9 Å². The maximum Gasteiger partial charge on any atom is 0.311 e. The molecule has 2 aromatic rings. The summed E-state index contributed by atoms with van der Waals surface area (Å²) in [4.78, 5) is 15.5. The highest BCUT2D eigenvalue weighted by Gasteiger charge is 2.22. The minimum atomic E-state index is -0.895. The molecule has 0 aliphatic carbocycles. The molecule has 0 bridgehead atoms. The highest BCUT2D eigenvalue weighted by Crippen LogP contribution is 2.27. The van der Waals surface area contributed by atoms with Crippen LogP contribution in [0.5, 0.6) is 0 Å². The standard InChI is InChI=1S/C14H12ClNO2/c15-13-7-2-1-6-11(13)12(14(17)18)9-10-5-3-4-8-16-10/h1-8,12H,9H2,(H,17,18). The second-order valence-corrected chi connectivity index (χ2v) is 4.34. The lowest BCUT2D eigenvalue weighted by Gasteiger charge is -2.13. The summed E-state index contributed by atoms with van der Waals surface area (Å²) < 4.78 is 0. The Bertz CT molecular complexity index is 543. The van der Waals surface area contributed by atoms with Gasteiger partial charge < -0.3 is 5.11 Å². The Morgan fingerprint density at radius 2 is 1.94 bits per heavy atom. The quantitative estimate of drug-likeness (QED) is 0.920. The third-order valence-corrected chi connectivity index (χ3v) is 3.06. The Hall–Kier alpha value is -1.87. The molecule has 1 N–H and O–H groups in total. The summed E-state index contributed by atoms with van der Waals surface area (Å²) >= 11 is 6.05. The van der Waals surface area contributed by atoms with E-state index in [-0.39, 0.29) is 0 Å². The van der Waals surface area contributed by atoms with Crippen molar-refractivity contribution in [2.45, 2.75) is 12.3 Å². The van der Waals surface area contributed by atoms with E-state index in [4.69, 9.17) is 11.6 Å². The van der Waals surface area contributed by atoms with Gasteiger partial charge in [-0.3, -0.25) is 9.78 Å². The zero-order valence-corrected chi connectivity index (χ0v) is 10.3. The van der Waals surface area contributed by atoms with Crippen LogP contribution in [-0.4, -0.2) is 16.1 Å². The summed E-state index contributed by atoms with van der Waals surface area (Å²) in [6.07, 6.45) is 1.99. The molecule has 4 heteroatoms. The first-order valence-corrected chi connectivity index (χ1v) is 5.93. The largest absolute Gasteiger partial charge is 0.481 e. The number of hydrogen-bond acceptors (Lipinski definition) is 2. The summed E-state index contributed by atoms with van der Waals surface area (Å²) in [5.41, 5.74) is 1.36. The van der Waals surface area contributed by atoms with Crippen molar-refractivity contribution in [2.24, 2.45) is 0 Å². The average molecular weight is 262 g/mol. The molecule has 0 aliphatic rings. The number of rotatable bonds is 4. The number of carboxylic acids is 1. The van der Waals surface area contributed by atoms with Crippen molar-refractivity contribution in [1.82, 2.24) is 4.98 Å². The molecule has 92 valence electrons. The van der Waals surface area contributed by atoms with Gasteiger partial charge in [-0.1, -0.05) is 35.9 Å². The minimum absolute atomic E-state index is 0.333. The first-order valence-electron chi connectivity index (χ1n) is 5.55. The van der Waals surface area contributed by atoms with Crippen LogP contribution in [0, 0.1) is 0 Å². The van der Waals surface area contributed by atoms with Crippen LogP contribution in [-0.2, 0) is 11.2 Å². The molecule has 0 radical (unpaired) electrons. The number of aliphatic carboxylic acids is 1. The zero-order chi connectivity index (χ0) is 13.0. The number of carboxylic acid groups (broad SMARTS) is 1. The van der Waals surface area contributed by atoms with Gasteiger partial charge in [0.25, 0.3) is 0 Å². The van der Waals surface area contributed by atoms with Gasteiger partial charge in [0.05, 0.1) is 5.92 Å². The molecule has 3 nitrogen and oxygen atoms in total. The summed E-state index contributed by atoms with van der Waals surface area (Å²) in [6, 6.07) is 12.5. The lowest BCUT2D eigenvalue weighted by atomic mass is 9.94. The van der Waals surface area contributed by atoms with Crippen molar-refractivity contribution in [3.8, 4) is 0 Å². The molecule has 0 aliphatic heterocycles. The number of halogens is 1. The van der Waals surface area contributed by atoms with Gasteiger partial charge in [0.15, 0.2) is 0 Å². The molecule has 0 spiro atoms. The van der Waals surface area contributed by atoms with Gasteiger partial charge in [-0.05, 0) is 23.8 Å². The lowest BCUT2D eigenvalue weighted by molar-refractivity contribution is -0.138. The zero-order valence-electron chi connectivity index (χ0n) is 9.58. The minimum Gasteiger partial charge on any atom is -0.481 e. The Balaban J connectivity index is 2.30. The van der Waals surface area contributed by atoms with Crippen LogP contribution in [0.1, 0.15) is 17.2 Å². The van der Waals surface area contributed by atoms with Crippen LogP contribution in [0.2, 0.25) is 5.02 Å². The van der Waals surface area contributed by atoms with Crippen molar-refractivity contribution in [1.29, 1.82) is 0 Å². The van der Waals surface area contributed by atoms with Crippen molar-refractivity contribution in [3.05, 3.63) is 64.9 Å². The summed E-state index contributed by atoms with van der Waals surface area (Å²) in [7, 11) is 0. The van der Waals surface area contributed by atoms with Gasteiger partial charge in [0.1, 0.15) is 0 Å². The fraction of sp³-hybridized carbons (Fsp3) is 0.143. The Morgan fingerprint density at radius 1 is 1.22 bits per heavy atom. The number of benzene rings is 1. The average Bonchev–Trinajstić information content (AvgIpc) is 2.38. The molecule has 0 amide bonds. The van der Waals surface area contributed by atoms with E-state index in [2.05, 4.69) is 4.98 Å². The van der Waals surface area contributed by atoms with E-state index in [1.165, 1.54) is 0 Å². The van der Waals surface area contributed by atoms with Gasteiger partial charge in [-0.2, -0.15) is 0 Å².